The molecule has 0 aromatic carbocycles. The van der Waals surface area contributed by atoms with Gasteiger partial charge in [0.15, 0.2) is 0 Å². The molecule has 0 aliphatic carbocycles. The molecule has 0 aromatic heterocycles. The van der Waals surface area contributed by atoms with Gasteiger partial charge in [-0.15, -0.1) is 0 Å². The van der Waals surface area contributed by atoms with Gasteiger partial charge in [-0.25, -0.2) is 0 Å². The van der Waals surface area contributed by atoms with Gasteiger partial charge in [0.1, 0.15) is 0 Å². The van der Waals surface area contributed by atoms with E-state index in [9.17, 15) is 0 Å². The van der Waals surface area contributed by atoms with Crippen LogP contribution in [0.5, 0.6) is 0 Å². The molecule has 0 nitrogen and oxygen atoms in total. The van der Waals surface area contributed by atoms with E-state index in [1.54, 1.807) is 0 Å². The van der Waals surface area contributed by atoms with Gasteiger partial charge >= 0.3 is 64.1 Å². The number of hydrogen-bond donors (Lipinski definition) is 0. The van der Waals surface area contributed by atoms with Crippen molar-refractivity contribution in [3.05, 3.63) is 0 Å². The van der Waals surface area contributed by atoms with E-state index in [1.807, 2.05) is 0 Å². The van der Waals surface area contributed by atoms with Gasteiger partial charge in [-0.1, -0.05) is 8.41 Å². The monoisotopic (exact) mass is 172 g/mol. The molecule has 5 heavy (non-hydrogen) atoms. The van der Waals surface area contributed by atoms with Gasteiger partial charge in [-0.3, -0.25) is 0 Å². The van der Waals surface area contributed by atoms with E-state index >= 15 is 0 Å². The normalized spacial score (nSPS) is 2.00. The molecule has 0 spiro atoms. The molecule has 0 unspecified atom stereocenters. The Bertz CT molecular complexity index is 9.61. The third-order valence-electron chi connectivity index (χ3n) is 0. The molecule has 0 radical (unpaired) electrons. The Kier molecular flexibility index (Phi) is 51.1. The Labute approximate surface area is 71.5 Å². The molecule has 0 saturated carbocycles. The van der Waals surface area contributed by atoms with E-state index in [1.165, 1.54) is 0 Å². The maximum absolute atomic E-state index is 4.95. The van der Waals surface area contributed by atoms with Crippen molar-refractivity contribution in [1.82, 2.24) is 0 Å². The third-order valence-corrected chi connectivity index (χ3v) is 0. The van der Waals surface area contributed by atoms with Gasteiger partial charge in [0.25, 0.3) is 0 Å². The van der Waals surface area contributed by atoms with Crippen molar-refractivity contribution in [1.29, 1.82) is 0 Å². The summed E-state index contributed by atoms with van der Waals surface area (Å²) in [4.78, 5) is 0. The van der Waals surface area contributed by atoms with Crippen molar-refractivity contribution in [2.24, 2.45) is 0 Å². The van der Waals surface area contributed by atoms with Gasteiger partial charge in [-0.2, -0.15) is 0 Å². The minimum absolute atomic E-state index is 0. The predicted molar refractivity (Wildman–Crippen MR) is 23.0 cm³/mol. The number of rotatable bonds is 0. The van der Waals surface area contributed by atoms with Gasteiger partial charge in [0.05, 0.1) is 0 Å². The maximum Gasteiger partial charge on any atom is 1.00 e. The fourth-order valence-corrected chi connectivity index (χ4v) is 0. The van der Waals surface area contributed by atoms with Crippen LogP contribution >= 0.6 is 19.4 Å². The zero-order chi connectivity index (χ0) is 2.71. The first-order valence-corrected chi connectivity index (χ1v) is 8.33. The molecule has 0 amide bonds. The minimum Gasteiger partial charge on any atom is 1.00 e. The van der Waals surface area contributed by atoms with Crippen LogP contribution in [-0.4, -0.2) is 8.41 Å². The second-order valence-corrected chi connectivity index (χ2v) is 4.72. The van der Waals surface area contributed by atoms with E-state index in [4.69, 9.17) is 19.4 Å². The SMILES string of the molecule is [BH4-].[Cl][Zn][Cl].[Na+]. The van der Waals surface area contributed by atoms with E-state index < -0.39 is 15.1 Å². The molecule has 0 N–H and O–H groups in total. The zero-order valence-corrected chi connectivity index (χ0v) is 8.94. The van der Waals surface area contributed by atoms with Crippen molar-refractivity contribution in [2.75, 3.05) is 0 Å². The average molecular weight is 174 g/mol. The number of halogens is 2. The van der Waals surface area contributed by atoms with Crippen molar-refractivity contribution in [2.45, 2.75) is 0 Å². The largest absolute Gasteiger partial charge is 1.00 e. The number of hydrogen-bond acceptors (Lipinski definition) is 0. The molecular weight excluding hydrogens is 170 g/mol. The van der Waals surface area contributed by atoms with Crippen LogP contribution in [-0.2, 0) is 15.1 Å². The summed E-state index contributed by atoms with van der Waals surface area (Å²) in [7, 11) is 9.90. The Morgan fingerprint density at radius 1 is 1.20 bits per heavy atom. The summed E-state index contributed by atoms with van der Waals surface area (Å²) in [5.41, 5.74) is 0. The van der Waals surface area contributed by atoms with Crippen molar-refractivity contribution < 1.29 is 44.7 Å². The Morgan fingerprint density at radius 3 is 1.20 bits per heavy atom. The van der Waals surface area contributed by atoms with Crippen LogP contribution in [0.1, 0.15) is 0 Å². The smallest absolute Gasteiger partial charge is 1.00 e. The molecule has 0 aliphatic heterocycles. The van der Waals surface area contributed by atoms with E-state index in [0.29, 0.717) is 0 Å². The predicted octanol–water partition coefficient (Wildman–Crippen LogP) is -3.07. The van der Waals surface area contributed by atoms with E-state index in [0.717, 1.165) is 0 Å². The summed E-state index contributed by atoms with van der Waals surface area (Å²) in [6.45, 7) is 0. The van der Waals surface area contributed by atoms with Crippen LogP contribution in [0, 0.1) is 0 Å². The molecule has 0 heterocycles. The van der Waals surface area contributed by atoms with Gasteiger partial charge in [0.2, 0.25) is 0 Å². The molecule has 0 aromatic rings. The Balaban J connectivity index is -0.0000000200. The zero-order valence-electron chi connectivity index (χ0n) is 2.46. The van der Waals surface area contributed by atoms with Crippen molar-refractivity contribution in [3.8, 4) is 0 Å². The van der Waals surface area contributed by atoms with Crippen LogP contribution in [0.25, 0.3) is 0 Å². The third kappa shape index (κ3) is 22.2. The Hall–Kier alpha value is 2.27. The first kappa shape index (κ1) is 15.7. The minimum atomic E-state index is -0.931. The average Bonchev–Trinajstić information content (AvgIpc) is 0.918. The summed E-state index contributed by atoms with van der Waals surface area (Å²) < 4.78 is 0. The van der Waals surface area contributed by atoms with Gasteiger partial charge in [0, 0.05) is 0 Å². The molecule has 0 aliphatic rings. The molecule has 0 fully saturated rings. The Morgan fingerprint density at radius 2 is 1.20 bits per heavy atom. The molecule has 0 bridgehead atoms. The standard InChI is InChI=1S/BH4.2ClH.Na.Zn/h1H4;2*1H;;/q-1;;;+1;+2/p-2. The molecule has 5 heteroatoms. The van der Waals surface area contributed by atoms with Gasteiger partial charge < -0.3 is 0 Å². The summed E-state index contributed by atoms with van der Waals surface area (Å²) in [6.07, 6.45) is 0. The summed E-state index contributed by atoms with van der Waals surface area (Å²) in [5.74, 6) is 0. The summed E-state index contributed by atoms with van der Waals surface area (Å²) in [6, 6.07) is 0. The fraction of sp³-hybridized carbons (Fsp3) is 0. The van der Waals surface area contributed by atoms with Crippen LogP contribution in [0.15, 0.2) is 0 Å². The maximum atomic E-state index is 4.95. The van der Waals surface area contributed by atoms with Crippen LogP contribution < -0.4 is 29.6 Å². The second kappa shape index (κ2) is 16.3. The topological polar surface area (TPSA) is 0 Å². The van der Waals surface area contributed by atoms with Crippen LogP contribution in [0.4, 0.5) is 0 Å². The van der Waals surface area contributed by atoms with Crippen LogP contribution in [0.2, 0.25) is 0 Å². The summed E-state index contributed by atoms with van der Waals surface area (Å²) >= 11 is -0.931. The molecule has 0 saturated heterocycles. The first-order valence-electron chi connectivity index (χ1n) is 0.535. The van der Waals surface area contributed by atoms with Crippen molar-refractivity contribution in [3.63, 3.8) is 0 Å². The molecular formula is H4BCl2NaZn. The molecule has 0 atom stereocenters. The molecule has 24 valence electrons. The van der Waals surface area contributed by atoms with Gasteiger partial charge in [-0.05, 0) is 0 Å². The second-order valence-electron chi connectivity index (χ2n) is 0.101. The first-order chi connectivity index (χ1) is 1.41. The molecule has 0 rings (SSSR count). The fourth-order valence-electron chi connectivity index (χ4n) is 0. The van der Waals surface area contributed by atoms with Crippen molar-refractivity contribution >= 4 is 27.8 Å². The van der Waals surface area contributed by atoms with E-state index in [-0.39, 0.29) is 38.0 Å². The quantitative estimate of drug-likeness (QED) is 0.342. The van der Waals surface area contributed by atoms with Crippen LogP contribution in [0.3, 0.4) is 0 Å². The van der Waals surface area contributed by atoms with E-state index in [2.05, 4.69) is 0 Å². The summed E-state index contributed by atoms with van der Waals surface area (Å²) in [5, 5.41) is 0.